The summed E-state index contributed by atoms with van der Waals surface area (Å²) < 4.78 is 21.4. The van der Waals surface area contributed by atoms with Crippen LogP contribution in [0.3, 0.4) is 0 Å². The van der Waals surface area contributed by atoms with Crippen LogP contribution in [-0.2, 0) is 28.5 Å². The van der Waals surface area contributed by atoms with Crippen LogP contribution < -0.4 is 27.2 Å². The molecule has 2 aliphatic rings. The number of urea groups is 1. The summed E-state index contributed by atoms with van der Waals surface area (Å²) in [5.74, 6) is 5.70. The third kappa shape index (κ3) is 12.2. The number of carbonyl (C=O) groups excluding carboxylic acids is 3. The molecule has 0 aromatic carbocycles. The van der Waals surface area contributed by atoms with E-state index in [1.807, 2.05) is 17.2 Å². The van der Waals surface area contributed by atoms with Crippen molar-refractivity contribution in [2.75, 3.05) is 65.2 Å². The van der Waals surface area contributed by atoms with Gasteiger partial charge in [-0.05, 0) is 12.8 Å². The molecule has 6 N–H and O–H groups in total. The Kier molecular flexibility index (Phi) is 14.9. The molecular formula is C21H39N5O7S. The lowest BCUT2D eigenvalue weighted by Crippen LogP contribution is -2.36. The van der Waals surface area contributed by atoms with Gasteiger partial charge in [0.2, 0.25) is 11.8 Å². The molecule has 2 rings (SSSR count). The maximum absolute atomic E-state index is 11.9. The Balaban J connectivity index is 1.27. The van der Waals surface area contributed by atoms with E-state index in [4.69, 9.17) is 24.8 Å². The fourth-order valence-corrected chi connectivity index (χ4v) is 5.17. The molecule has 0 aliphatic carbocycles. The summed E-state index contributed by atoms with van der Waals surface area (Å²) >= 11 is 1.90. The number of hydrazine groups is 1. The topological polar surface area (TPSA) is 162 Å². The Morgan fingerprint density at radius 3 is 2.21 bits per heavy atom. The Labute approximate surface area is 205 Å². The highest BCUT2D eigenvalue weighted by Gasteiger charge is 2.42. The minimum atomic E-state index is -0.262. The summed E-state index contributed by atoms with van der Waals surface area (Å²) in [4.78, 5) is 34.2. The Morgan fingerprint density at radius 2 is 1.53 bits per heavy atom. The van der Waals surface area contributed by atoms with Gasteiger partial charge < -0.3 is 34.9 Å². The highest BCUT2D eigenvalue weighted by atomic mass is 32.2. The predicted molar refractivity (Wildman–Crippen MR) is 127 cm³/mol. The highest BCUT2D eigenvalue weighted by Crippen LogP contribution is 2.33. The van der Waals surface area contributed by atoms with E-state index in [2.05, 4.69) is 16.0 Å². The molecule has 0 spiro atoms. The van der Waals surface area contributed by atoms with E-state index in [0.29, 0.717) is 71.1 Å². The zero-order valence-electron chi connectivity index (χ0n) is 19.7. The highest BCUT2D eigenvalue weighted by molar-refractivity contribution is 8.00. The van der Waals surface area contributed by atoms with Gasteiger partial charge in [-0.3, -0.25) is 15.0 Å². The molecule has 4 amide bonds. The molecular weight excluding hydrogens is 466 g/mol. The third-order valence-corrected chi connectivity index (χ3v) is 6.91. The second kappa shape index (κ2) is 17.7. The molecule has 3 atom stereocenters. The lowest BCUT2D eigenvalue weighted by Gasteiger charge is -2.16. The molecule has 2 aliphatic heterocycles. The number of carbonyl (C=O) groups is 3. The first-order valence-electron chi connectivity index (χ1n) is 11.9. The number of ether oxygens (including phenoxy) is 4. The van der Waals surface area contributed by atoms with E-state index in [1.165, 1.54) is 0 Å². The predicted octanol–water partition coefficient (Wildman–Crippen LogP) is -0.725. The van der Waals surface area contributed by atoms with Crippen LogP contribution in [0.15, 0.2) is 0 Å². The van der Waals surface area contributed by atoms with Crippen LogP contribution in [0, 0.1) is 0 Å². The van der Waals surface area contributed by atoms with Gasteiger partial charge in [0.1, 0.15) is 0 Å². The first kappa shape index (κ1) is 28.6. The van der Waals surface area contributed by atoms with Crippen LogP contribution in [0.1, 0.15) is 32.1 Å². The molecule has 0 aromatic heterocycles. The molecule has 0 radical (unpaired) electrons. The number of thioether (sulfide) groups is 1. The lowest BCUT2D eigenvalue weighted by atomic mass is 10.0. The molecule has 0 aromatic rings. The number of rotatable bonds is 20. The normalized spacial score (nSPS) is 21.1. The molecule has 2 saturated heterocycles. The second-order valence-electron chi connectivity index (χ2n) is 7.98. The van der Waals surface area contributed by atoms with Gasteiger partial charge in [-0.15, -0.1) is 0 Å². The quantitative estimate of drug-likeness (QED) is 0.0472. The van der Waals surface area contributed by atoms with Crippen molar-refractivity contribution in [3.63, 3.8) is 0 Å². The van der Waals surface area contributed by atoms with Gasteiger partial charge >= 0.3 is 6.03 Å². The van der Waals surface area contributed by atoms with Gasteiger partial charge in [0.05, 0.1) is 71.4 Å². The van der Waals surface area contributed by atoms with Gasteiger partial charge in [-0.1, -0.05) is 6.42 Å². The summed E-state index contributed by atoms with van der Waals surface area (Å²) in [5, 5.41) is 9.24. The zero-order chi connectivity index (χ0) is 24.4. The number of fused-ring (bicyclic) bond motifs is 1. The summed E-state index contributed by atoms with van der Waals surface area (Å²) in [5.41, 5.74) is 2.03. The Hall–Kier alpha value is -1.64. The molecule has 0 bridgehead atoms. The van der Waals surface area contributed by atoms with Crippen LogP contribution in [0.25, 0.3) is 0 Å². The van der Waals surface area contributed by atoms with E-state index in [1.54, 1.807) is 0 Å². The average molecular weight is 506 g/mol. The SMILES string of the molecule is NNC(=O)CCOCCOCCOCCOCCNC(=O)CCCC[C@@H]1SC[C@H]2NC(=O)N[C@H]12. The smallest absolute Gasteiger partial charge is 0.315 e. The maximum atomic E-state index is 11.9. The first-order valence-corrected chi connectivity index (χ1v) is 12.9. The number of hydrogen-bond donors (Lipinski definition) is 5. The maximum Gasteiger partial charge on any atom is 0.315 e. The molecule has 2 fully saturated rings. The number of nitrogens with two attached hydrogens (primary N) is 1. The van der Waals surface area contributed by atoms with Gasteiger partial charge in [0.15, 0.2) is 0 Å². The van der Waals surface area contributed by atoms with E-state index < -0.39 is 0 Å². The van der Waals surface area contributed by atoms with Crippen molar-refractivity contribution in [1.82, 2.24) is 21.4 Å². The first-order chi connectivity index (χ1) is 16.6. The van der Waals surface area contributed by atoms with E-state index in [-0.39, 0.29) is 36.3 Å². The number of unbranched alkanes of at least 4 members (excludes halogenated alkanes) is 1. The summed E-state index contributed by atoms with van der Waals surface area (Å²) in [6.45, 7) is 3.89. The van der Waals surface area contributed by atoms with Crippen molar-refractivity contribution in [2.24, 2.45) is 5.84 Å². The van der Waals surface area contributed by atoms with E-state index in [9.17, 15) is 14.4 Å². The Bertz CT molecular complexity index is 616. The van der Waals surface area contributed by atoms with Gasteiger partial charge in [-0.2, -0.15) is 11.8 Å². The van der Waals surface area contributed by atoms with Crippen LogP contribution in [-0.4, -0.2) is 100 Å². The minimum Gasteiger partial charge on any atom is -0.379 e. The number of amides is 4. The van der Waals surface area contributed by atoms with Crippen molar-refractivity contribution in [2.45, 2.75) is 49.4 Å². The largest absolute Gasteiger partial charge is 0.379 e. The third-order valence-electron chi connectivity index (χ3n) is 5.40. The fraction of sp³-hybridized carbons (Fsp3) is 0.857. The van der Waals surface area contributed by atoms with Crippen LogP contribution in [0.5, 0.6) is 0 Å². The number of nitrogens with one attached hydrogen (secondary N) is 4. The molecule has 2 heterocycles. The molecule has 13 heteroatoms. The van der Waals surface area contributed by atoms with Crippen molar-refractivity contribution in [1.29, 1.82) is 0 Å². The van der Waals surface area contributed by atoms with Crippen molar-refractivity contribution >= 4 is 29.6 Å². The van der Waals surface area contributed by atoms with Gasteiger partial charge in [-0.25, -0.2) is 10.6 Å². The van der Waals surface area contributed by atoms with Crippen molar-refractivity contribution < 1.29 is 33.3 Å². The summed E-state index contributed by atoms with van der Waals surface area (Å²) in [7, 11) is 0. The van der Waals surface area contributed by atoms with Crippen LogP contribution in [0.2, 0.25) is 0 Å². The minimum absolute atomic E-state index is 0.0383. The molecule has 34 heavy (non-hydrogen) atoms. The number of hydrogen-bond acceptors (Lipinski definition) is 9. The van der Waals surface area contributed by atoms with Crippen molar-refractivity contribution in [3.8, 4) is 0 Å². The monoisotopic (exact) mass is 505 g/mol. The molecule has 0 saturated carbocycles. The summed E-state index contributed by atoms with van der Waals surface area (Å²) in [6.07, 6.45) is 3.56. The fourth-order valence-electron chi connectivity index (χ4n) is 3.62. The van der Waals surface area contributed by atoms with E-state index >= 15 is 0 Å². The summed E-state index contributed by atoms with van der Waals surface area (Å²) in [6, 6.07) is 0.413. The Morgan fingerprint density at radius 1 is 0.882 bits per heavy atom. The van der Waals surface area contributed by atoms with Crippen LogP contribution >= 0.6 is 11.8 Å². The molecule has 0 unspecified atom stereocenters. The van der Waals surface area contributed by atoms with E-state index in [0.717, 1.165) is 25.0 Å². The van der Waals surface area contributed by atoms with Crippen molar-refractivity contribution in [3.05, 3.63) is 0 Å². The van der Waals surface area contributed by atoms with Crippen LogP contribution in [0.4, 0.5) is 4.79 Å². The zero-order valence-corrected chi connectivity index (χ0v) is 20.5. The molecule has 196 valence electrons. The standard InChI is InChI=1S/C21H39N5O7S/c22-26-19(28)5-7-30-9-11-32-13-14-33-12-10-31-8-6-23-18(27)4-2-1-3-17-20-16(15-34-17)24-21(29)25-20/h16-17,20H,1-15,22H2,(H,23,27)(H,26,28)(H2,24,25,29)/t16-,17+,20+/m1/s1. The second-order valence-corrected chi connectivity index (χ2v) is 9.26. The molecule has 12 nitrogen and oxygen atoms in total. The average Bonchev–Trinajstić information content (AvgIpc) is 3.38. The van der Waals surface area contributed by atoms with Gasteiger partial charge in [0, 0.05) is 24.0 Å². The van der Waals surface area contributed by atoms with Gasteiger partial charge in [0.25, 0.3) is 0 Å². The lowest BCUT2D eigenvalue weighted by molar-refractivity contribution is -0.122.